The predicted molar refractivity (Wildman–Crippen MR) is 107 cm³/mol. The van der Waals surface area contributed by atoms with Crippen LogP contribution >= 0.6 is 7.82 Å². The van der Waals surface area contributed by atoms with Crippen molar-refractivity contribution in [2.45, 2.75) is 20.1 Å². The van der Waals surface area contributed by atoms with E-state index in [4.69, 9.17) is 14.4 Å². The van der Waals surface area contributed by atoms with Crippen molar-refractivity contribution in [3.05, 3.63) is 58.6 Å². The highest BCUT2D eigenvalue weighted by Crippen LogP contribution is 2.34. The van der Waals surface area contributed by atoms with Gasteiger partial charge in [-0.3, -0.25) is 13.9 Å². The van der Waals surface area contributed by atoms with Gasteiger partial charge in [0.2, 0.25) is 0 Å². The Morgan fingerprint density at radius 2 is 1.90 bits per heavy atom. The van der Waals surface area contributed by atoms with E-state index in [1.807, 2.05) is 6.92 Å². The number of nitrogens with zero attached hydrogens (tertiary/aromatic N) is 1. The number of phosphoric acid groups is 1. The number of rotatable bonds is 8. The Labute approximate surface area is 171 Å². The summed E-state index contributed by atoms with van der Waals surface area (Å²) in [4.78, 5) is 33.3. The first-order valence-corrected chi connectivity index (χ1v) is 10.6. The zero-order valence-corrected chi connectivity index (χ0v) is 17.2. The minimum Gasteiger partial charge on any atom is -0.756 e. The van der Waals surface area contributed by atoms with E-state index in [9.17, 15) is 18.6 Å². The molecule has 0 fully saturated rings. The summed E-state index contributed by atoms with van der Waals surface area (Å²) in [5.74, 6) is -0.0385. The average Bonchev–Trinajstić information content (AvgIpc) is 2.72. The van der Waals surface area contributed by atoms with Gasteiger partial charge in [0, 0.05) is 11.8 Å². The van der Waals surface area contributed by atoms with E-state index in [2.05, 4.69) is 4.52 Å². The van der Waals surface area contributed by atoms with Crippen LogP contribution in [0.1, 0.15) is 13.3 Å². The molecule has 0 aliphatic rings. The topological polar surface area (TPSA) is 110 Å². The molecule has 1 aromatic heterocycles. The van der Waals surface area contributed by atoms with Gasteiger partial charge in [-0.05, 0) is 36.2 Å². The monoisotopic (exact) mass is 436 g/mol. The molecule has 8 nitrogen and oxygen atoms in total. The number of aromatic nitrogens is 1. The number of fused-ring (bicyclic) bond motifs is 1. The molecule has 3 aromatic rings. The lowest BCUT2D eigenvalue weighted by molar-refractivity contribution is -0.222. The maximum atomic E-state index is 14.7. The van der Waals surface area contributed by atoms with E-state index in [-0.39, 0.29) is 22.2 Å². The van der Waals surface area contributed by atoms with Gasteiger partial charge in [-0.25, -0.2) is 4.39 Å². The van der Waals surface area contributed by atoms with Crippen LogP contribution in [0, 0.1) is 5.82 Å². The van der Waals surface area contributed by atoms with Crippen molar-refractivity contribution < 1.29 is 32.7 Å². The van der Waals surface area contributed by atoms with Crippen LogP contribution in [0.25, 0.3) is 22.0 Å². The second-order valence-corrected chi connectivity index (χ2v) is 7.61. The fraction of sp³-hybridized carbons (Fsp3) is 0.250. The Morgan fingerprint density at radius 1 is 1.20 bits per heavy atom. The number of benzene rings is 2. The van der Waals surface area contributed by atoms with Gasteiger partial charge in [0.25, 0.3) is 7.82 Å². The molecule has 0 saturated heterocycles. The van der Waals surface area contributed by atoms with Crippen molar-refractivity contribution in [2.24, 2.45) is 0 Å². The molecule has 0 bridgehead atoms. The summed E-state index contributed by atoms with van der Waals surface area (Å²) in [7, 11) is -3.57. The molecule has 2 aromatic carbocycles. The average molecular weight is 436 g/mol. The molecule has 1 unspecified atom stereocenters. The second kappa shape index (κ2) is 8.97. The molecule has 1 N–H and O–H groups in total. The van der Waals surface area contributed by atoms with E-state index in [1.54, 1.807) is 24.3 Å². The van der Waals surface area contributed by atoms with E-state index in [0.717, 1.165) is 6.07 Å². The minimum absolute atomic E-state index is 0.0270. The van der Waals surface area contributed by atoms with Crippen LogP contribution in [0.4, 0.5) is 4.39 Å². The number of hydrogen-bond acceptors (Lipinski definition) is 6. The first-order valence-electron chi connectivity index (χ1n) is 9.06. The molecule has 3 rings (SSSR count). The van der Waals surface area contributed by atoms with Crippen molar-refractivity contribution in [3.63, 3.8) is 0 Å². The third-order valence-electron chi connectivity index (χ3n) is 4.36. The van der Waals surface area contributed by atoms with E-state index in [0.29, 0.717) is 24.3 Å². The summed E-state index contributed by atoms with van der Waals surface area (Å²) in [5, 5.41) is -0.279. The molecule has 160 valence electrons. The maximum absolute atomic E-state index is 14.7. The Balaban J connectivity index is 2.28. The highest BCUT2D eigenvalue weighted by atomic mass is 31.2. The van der Waals surface area contributed by atoms with Gasteiger partial charge in [-0.15, -0.1) is 0 Å². The van der Waals surface area contributed by atoms with Crippen molar-refractivity contribution in [3.8, 4) is 22.6 Å². The minimum atomic E-state index is -5.07. The standard InChI is InChI=1S/C20H21FNO7P/c1-3-10-28-17-9-8-16(21)18-19(17)22(12-29-30(24,25)26)11-15(20(18)23)13-4-6-14(27-2)7-5-13/h4-9,11H,3,10,12H2,1-2H3,(H2,24,25,26)/p-1. The van der Waals surface area contributed by atoms with Gasteiger partial charge < -0.3 is 23.8 Å². The summed E-state index contributed by atoms with van der Waals surface area (Å²) in [6.07, 6.45) is 2.00. The van der Waals surface area contributed by atoms with Crippen LogP contribution in [0.5, 0.6) is 11.5 Å². The lowest BCUT2D eigenvalue weighted by Gasteiger charge is -2.20. The molecule has 10 heteroatoms. The SMILES string of the molecule is CCCOc1ccc(F)c2c(=O)c(-c3ccc(OC)cc3)cn(COP(=O)([O-])O)c12. The Bertz CT molecular complexity index is 1150. The number of halogens is 1. The summed E-state index contributed by atoms with van der Waals surface area (Å²) in [6, 6.07) is 8.97. The number of ether oxygens (including phenoxy) is 2. The van der Waals surface area contributed by atoms with Gasteiger partial charge in [0.1, 0.15) is 24.0 Å². The predicted octanol–water partition coefficient (Wildman–Crippen LogP) is 3.04. The number of pyridine rings is 1. The Morgan fingerprint density at radius 3 is 2.50 bits per heavy atom. The third kappa shape index (κ3) is 4.71. The van der Waals surface area contributed by atoms with E-state index < -0.39 is 25.8 Å². The van der Waals surface area contributed by atoms with Gasteiger partial charge in [0.15, 0.2) is 5.43 Å². The second-order valence-electron chi connectivity index (χ2n) is 6.41. The van der Waals surface area contributed by atoms with Crippen molar-refractivity contribution in [2.75, 3.05) is 13.7 Å². The quantitative estimate of drug-likeness (QED) is 0.541. The first kappa shape index (κ1) is 22.0. The smallest absolute Gasteiger partial charge is 0.266 e. The van der Waals surface area contributed by atoms with Crippen LogP contribution in [0.15, 0.2) is 47.4 Å². The largest absolute Gasteiger partial charge is 0.756 e. The van der Waals surface area contributed by atoms with Crippen molar-refractivity contribution >= 4 is 18.7 Å². The van der Waals surface area contributed by atoms with Gasteiger partial charge >= 0.3 is 0 Å². The molecule has 0 amide bonds. The van der Waals surface area contributed by atoms with E-state index in [1.165, 1.54) is 23.9 Å². The van der Waals surface area contributed by atoms with Crippen molar-refractivity contribution in [1.29, 1.82) is 0 Å². The zero-order chi connectivity index (χ0) is 21.9. The zero-order valence-electron chi connectivity index (χ0n) is 16.3. The van der Waals surface area contributed by atoms with Crippen LogP contribution in [0.3, 0.4) is 0 Å². The van der Waals surface area contributed by atoms with Gasteiger partial charge in [-0.1, -0.05) is 19.1 Å². The lowest BCUT2D eigenvalue weighted by atomic mass is 10.0. The van der Waals surface area contributed by atoms with Crippen LogP contribution in [-0.2, 0) is 15.8 Å². The lowest BCUT2D eigenvalue weighted by Crippen LogP contribution is -2.16. The summed E-state index contributed by atoms with van der Waals surface area (Å²) >= 11 is 0. The molecule has 0 aliphatic heterocycles. The molecule has 1 atom stereocenters. The molecule has 0 aliphatic carbocycles. The fourth-order valence-electron chi connectivity index (χ4n) is 3.00. The Kier molecular flexibility index (Phi) is 6.58. The van der Waals surface area contributed by atoms with Crippen molar-refractivity contribution in [1.82, 2.24) is 4.57 Å². The van der Waals surface area contributed by atoms with Crippen LogP contribution < -0.4 is 19.8 Å². The van der Waals surface area contributed by atoms with Crippen LogP contribution in [-0.4, -0.2) is 23.2 Å². The van der Waals surface area contributed by atoms with E-state index >= 15 is 0 Å². The van der Waals surface area contributed by atoms with Gasteiger partial charge in [0.05, 0.1) is 24.6 Å². The van der Waals surface area contributed by atoms with Gasteiger partial charge in [-0.2, -0.15) is 0 Å². The number of methoxy groups -OCH3 is 1. The highest BCUT2D eigenvalue weighted by Gasteiger charge is 2.19. The normalized spacial score (nSPS) is 13.2. The molecule has 0 spiro atoms. The number of hydrogen-bond donors (Lipinski definition) is 1. The van der Waals surface area contributed by atoms with Crippen LogP contribution in [0.2, 0.25) is 0 Å². The highest BCUT2D eigenvalue weighted by molar-refractivity contribution is 7.44. The Hall–Kier alpha value is -2.71. The molecule has 0 radical (unpaired) electrons. The third-order valence-corrected chi connectivity index (χ3v) is 4.80. The molecule has 30 heavy (non-hydrogen) atoms. The summed E-state index contributed by atoms with van der Waals surface area (Å²) in [5.41, 5.74) is 0.00308. The molecule has 0 saturated carbocycles. The first-order chi connectivity index (χ1) is 14.2. The maximum Gasteiger partial charge on any atom is 0.266 e. The molecule has 1 heterocycles. The summed E-state index contributed by atoms with van der Waals surface area (Å²) in [6.45, 7) is 1.50. The molecular formula is C20H20FNO7P-. The molecular weight excluding hydrogens is 416 g/mol. The fourth-order valence-corrected chi connectivity index (χ4v) is 3.27. The summed E-state index contributed by atoms with van der Waals surface area (Å²) < 4.78 is 42.3. The number of phosphoric ester groups is 1.